The van der Waals surface area contributed by atoms with Gasteiger partial charge in [-0.1, -0.05) is 0 Å². The fraction of sp³-hybridized carbons (Fsp3) is 0.882. The zero-order chi connectivity index (χ0) is 17.6. The van der Waals surface area contributed by atoms with E-state index >= 15 is 0 Å². The first-order valence-corrected chi connectivity index (χ1v) is 8.96. The molecule has 0 aromatic heterocycles. The van der Waals surface area contributed by atoms with Crippen LogP contribution >= 0.6 is 24.0 Å². The van der Waals surface area contributed by atoms with E-state index in [9.17, 15) is 4.79 Å². The number of hydrogen-bond acceptors (Lipinski definition) is 4. The monoisotopic (exact) mass is 467 g/mol. The number of piperidine rings is 1. The van der Waals surface area contributed by atoms with E-state index in [-0.39, 0.29) is 35.4 Å². The summed E-state index contributed by atoms with van der Waals surface area (Å²) >= 11 is 0. The maximum Gasteiger partial charge on any atom is 0.217 e. The van der Waals surface area contributed by atoms with Crippen molar-refractivity contribution in [2.45, 2.75) is 37.6 Å². The molecule has 1 amide bonds. The molecule has 0 spiro atoms. The molecule has 0 saturated carbocycles. The predicted octanol–water partition coefficient (Wildman–Crippen LogP) is 0.878. The molecule has 0 bridgehead atoms. The lowest BCUT2D eigenvalue weighted by Crippen LogP contribution is -2.58. The average Bonchev–Trinajstić information content (AvgIpc) is 2.56. The van der Waals surface area contributed by atoms with Crippen LogP contribution in [0.25, 0.3) is 0 Å². The maximum absolute atomic E-state index is 11.2. The summed E-state index contributed by atoms with van der Waals surface area (Å²) in [4.78, 5) is 20.2. The Balaban J connectivity index is 0.00000312. The number of guanidine groups is 1. The van der Waals surface area contributed by atoms with Crippen LogP contribution in [0.2, 0.25) is 0 Å². The van der Waals surface area contributed by atoms with Gasteiger partial charge in [-0.05, 0) is 45.7 Å². The number of likely N-dealkylation sites (N-methyl/N-ethyl adjacent to an activating group) is 1. The molecule has 1 atom stereocenters. The van der Waals surface area contributed by atoms with E-state index in [1.807, 2.05) is 7.05 Å². The molecule has 0 aliphatic carbocycles. The van der Waals surface area contributed by atoms with Gasteiger partial charge in [0.15, 0.2) is 5.96 Å². The molecule has 8 heteroatoms. The van der Waals surface area contributed by atoms with Gasteiger partial charge in [0.25, 0.3) is 0 Å². The number of carbonyl (C=O) groups is 1. The Kier molecular flexibility index (Phi) is 9.44. The number of halogens is 1. The summed E-state index contributed by atoms with van der Waals surface area (Å²) in [6, 6.07) is 0. The quantitative estimate of drug-likeness (QED) is 0.357. The highest BCUT2D eigenvalue weighted by Gasteiger charge is 2.35. The van der Waals surface area contributed by atoms with Crippen LogP contribution in [0.5, 0.6) is 0 Å². The summed E-state index contributed by atoms with van der Waals surface area (Å²) in [7, 11) is 6.10. The lowest BCUT2D eigenvalue weighted by molar-refractivity contribution is -0.119. The lowest BCUT2D eigenvalue weighted by Gasteiger charge is -2.44. The van der Waals surface area contributed by atoms with Gasteiger partial charge in [0.1, 0.15) is 0 Å². The van der Waals surface area contributed by atoms with Crippen LogP contribution in [0.1, 0.15) is 32.1 Å². The molecular formula is C17H34IN5O2. The number of likely N-dealkylation sites (tertiary alicyclic amines) is 1. The van der Waals surface area contributed by atoms with Crippen molar-refractivity contribution in [1.29, 1.82) is 0 Å². The van der Waals surface area contributed by atoms with Crippen LogP contribution in [-0.2, 0) is 9.53 Å². The number of amides is 1. The van der Waals surface area contributed by atoms with E-state index < -0.39 is 0 Å². The molecule has 2 aliphatic rings. The van der Waals surface area contributed by atoms with Crippen LogP contribution in [-0.4, -0.2) is 81.2 Å². The number of nitrogens with two attached hydrogens (primary N) is 1. The molecule has 2 heterocycles. The van der Waals surface area contributed by atoms with Gasteiger partial charge in [-0.15, -0.1) is 24.0 Å². The molecule has 146 valence electrons. The van der Waals surface area contributed by atoms with Crippen molar-refractivity contribution in [2.24, 2.45) is 16.6 Å². The molecule has 3 N–H and O–H groups in total. The molecule has 2 aliphatic heterocycles. The molecule has 7 nitrogen and oxygen atoms in total. The van der Waals surface area contributed by atoms with Crippen LogP contribution in [0.15, 0.2) is 4.99 Å². The summed E-state index contributed by atoms with van der Waals surface area (Å²) < 4.78 is 5.54. The Labute approximate surface area is 168 Å². The van der Waals surface area contributed by atoms with Gasteiger partial charge in [0.2, 0.25) is 5.91 Å². The standard InChI is InChI=1S/C17H33N5O2.HI/c1-19-16(22-8-4-5-14(12-22)11-15(18)23)20-13-17(21(2)3)6-9-24-10-7-17;/h14H,4-13H2,1-3H3,(H2,18,23)(H,19,20);1H. The van der Waals surface area contributed by atoms with Crippen molar-refractivity contribution in [1.82, 2.24) is 15.1 Å². The summed E-state index contributed by atoms with van der Waals surface area (Å²) in [5, 5.41) is 3.57. The highest BCUT2D eigenvalue weighted by Crippen LogP contribution is 2.25. The smallest absolute Gasteiger partial charge is 0.217 e. The number of ether oxygens (including phenoxy) is 1. The first-order chi connectivity index (χ1) is 11.5. The first kappa shape index (κ1) is 22.4. The van der Waals surface area contributed by atoms with Crippen molar-refractivity contribution in [3.05, 3.63) is 0 Å². The highest BCUT2D eigenvalue weighted by atomic mass is 127. The third kappa shape index (κ3) is 6.25. The van der Waals surface area contributed by atoms with Crippen molar-refractivity contribution in [3.8, 4) is 0 Å². The SMILES string of the molecule is CN=C(NCC1(N(C)C)CCOCC1)N1CCCC(CC(N)=O)C1.I. The highest BCUT2D eigenvalue weighted by molar-refractivity contribution is 14.0. The molecular weight excluding hydrogens is 433 g/mol. The van der Waals surface area contributed by atoms with Gasteiger partial charge in [-0.2, -0.15) is 0 Å². The van der Waals surface area contributed by atoms with Crippen molar-refractivity contribution in [2.75, 3.05) is 54.0 Å². The van der Waals surface area contributed by atoms with Gasteiger partial charge < -0.3 is 25.6 Å². The number of rotatable bonds is 5. The molecule has 0 radical (unpaired) electrons. The number of carbonyl (C=O) groups excluding carboxylic acids is 1. The zero-order valence-electron chi connectivity index (χ0n) is 15.8. The summed E-state index contributed by atoms with van der Waals surface area (Å²) in [5.74, 6) is 1.05. The molecule has 2 rings (SSSR count). The van der Waals surface area contributed by atoms with Crippen molar-refractivity contribution < 1.29 is 9.53 Å². The average molecular weight is 467 g/mol. The summed E-state index contributed by atoms with van der Waals surface area (Å²) in [5.41, 5.74) is 5.47. The Bertz CT molecular complexity index is 452. The molecule has 2 saturated heterocycles. The maximum atomic E-state index is 11.2. The van der Waals surface area contributed by atoms with E-state index in [0.29, 0.717) is 12.3 Å². The van der Waals surface area contributed by atoms with Crippen LogP contribution in [0, 0.1) is 5.92 Å². The van der Waals surface area contributed by atoms with Crippen molar-refractivity contribution in [3.63, 3.8) is 0 Å². The molecule has 2 fully saturated rings. The Morgan fingerprint density at radius 1 is 1.40 bits per heavy atom. The number of nitrogens with zero attached hydrogens (tertiary/aromatic N) is 3. The van der Waals surface area contributed by atoms with Crippen molar-refractivity contribution >= 4 is 35.8 Å². The second-order valence-corrected chi connectivity index (χ2v) is 7.26. The fourth-order valence-corrected chi connectivity index (χ4v) is 3.82. The minimum absolute atomic E-state index is 0. The Hall–Kier alpha value is -0.610. The molecule has 0 aromatic rings. The Morgan fingerprint density at radius 2 is 2.08 bits per heavy atom. The largest absolute Gasteiger partial charge is 0.381 e. The van der Waals surface area contributed by atoms with Crippen LogP contribution < -0.4 is 11.1 Å². The van der Waals surface area contributed by atoms with Gasteiger partial charge in [0.05, 0.1) is 0 Å². The third-order valence-corrected chi connectivity index (χ3v) is 5.47. The number of aliphatic imine (C=N–C) groups is 1. The van der Waals surface area contributed by atoms with E-state index in [4.69, 9.17) is 10.5 Å². The summed E-state index contributed by atoms with van der Waals surface area (Å²) in [6.45, 7) is 4.30. The fourth-order valence-electron chi connectivity index (χ4n) is 3.82. The number of nitrogens with one attached hydrogen (secondary N) is 1. The number of hydrogen-bond donors (Lipinski definition) is 2. The zero-order valence-corrected chi connectivity index (χ0v) is 18.1. The van der Waals surface area contributed by atoms with Crippen LogP contribution in [0.4, 0.5) is 0 Å². The van der Waals surface area contributed by atoms with E-state index in [1.165, 1.54) is 0 Å². The molecule has 1 unspecified atom stereocenters. The van der Waals surface area contributed by atoms with E-state index in [0.717, 1.165) is 64.5 Å². The second-order valence-electron chi connectivity index (χ2n) is 7.26. The van der Waals surface area contributed by atoms with E-state index in [1.54, 1.807) is 0 Å². The predicted molar refractivity (Wildman–Crippen MR) is 111 cm³/mol. The third-order valence-electron chi connectivity index (χ3n) is 5.47. The Morgan fingerprint density at radius 3 is 2.64 bits per heavy atom. The minimum Gasteiger partial charge on any atom is -0.381 e. The molecule has 25 heavy (non-hydrogen) atoms. The first-order valence-electron chi connectivity index (χ1n) is 8.96. The molecule has 0 aromatic carbocycles. The van der Waals surface area contributed by atoms with Gasteiger partial charge >= 0.3 is 0 Å². The van der Waals surface area contributed by atoms with Gasteiger partial charge in [0, 0.05) is 51.9 Å². The topological polar surface area (TPSA) is 83.2 Å². The van der Waals surface area contributed by atoms with E-state index in [2.05, 4.69) is 34.2 Å². The summed E-state index contributed by atoms with van der Waals surface area (Å²) in [6.07, 6.45) is 4.65. The number of primary amides is 1. The van der Waals surface area contributed by atoms with Gasteiger partial charge in [-0.25, -0.2) is 0 Å². The second kappa shape index (κ2) is 10.5. The van der Waals surface area contributed by atoms with Gasteiger partial charge in [-0.3, -0.25) is 9.79 Å². The normalized spacial score (nSPS) is 23.9. The van der Waals surface area contributed by atoms with Crippen LogP contribution in [0.3, 0.4) is 0 Å². The minimum atomic E-state index is -0.210. The lowest BCUT2D eigenvalue weighted by atomic mass is 9.88.